The Bertz CT molecular complexity index is 1440. The second-order valence-electron chi connectivity index (χ2n) is 9.46. The maximum absolute atomic E-state index is 13.5. The molecule has 1 aliphatic rings. The molecule has 0 spiro atoms. The van der Waals surface area contributed by atoms with Gasteiger partial charge in [0.2, 0.25) is 10.0 Å². The van der Waals surface area contributed by atoms with Crippen molar-refractivity contribution < 1.29 is 40.6 Å². The fourth-order valence-corrected chi connectivity index (χ4v) is 6.23. The zero-order valence-corrected chi connectivity index (χ0v) is 23.5. The van der Waals surface area contributed by atoms with Gasteiger partial charge in [-0.1, -0.05) is 36.4 Å². The van der Waals surface area contributed by atoms with E-state index in [1.54, 1.807) is 31.4 Å². The van der Waals surface area contributed by atoms with E-state index in [0.29, 0.717) is 30.9 Å². The molecule has 3 aromatic rings. The summed E-state index contributed by atoms with van der Waals surface area (Å²) in [6.45, 7) is 1.35. The standard InChI is InChI=1S/C29H31F3N2O6S/c1-38-24-7-5-6-23(18-24)26(40-20-21-10-12-22(13-11-21)28(35)39-2)19-33-14-16-34(17-15-33)41(36,37)27-9-4-3-8-25(27)29(30,31)32/h3-13,18,26H,14-17,19-20H2,1-2H3/t26-/m1/s1. The van der Waals surface area contributed by atoms with Crippen molar-refractivity contribution in [2.45, 2.75) is 23.8 Å². The van der Waals surface area contributed by atoms with Crippen LogP contribution in [0.4, 0.5) is 13.2 Å². The Hall–Kier alpha value is -3.45. The first-order valence-electron chi connectivity index (χ1n) is 12.8. The van der Waals surface area contributed by atoms with Crippen LogP contribution in [0.2, 0.25) is 0 Å². The van der Waals surface area contributed by atoms with E-state index in [9.17, 15) is 26.4 Å². The molecule has 1 aliphatic heterocycles. The smallest absolute Gasteiger partial charge is 0.417 e. The number of nitrogens with zero attached hydrogens (tertiary/aromatic N) is 2. The number of sulfonamides is 1. The largest absolute Gasteiger partial charge is 0.497 e. The van der Waals surface area contributed by atoms with E-state index in [0.717, 1.165) is 27.6 Å². The van der Waals surface area contributed by atoms with Crippen LogP contribution in [0.1, 0.15) is 33.2 Å². The Balaban J connectivity index is 1.46. The molecule has 0 aromatic heterocycles. The van der Waals surface area contributed by atoms with Gasteiger partial charge < -0.3 is 14.2 Å². The quantitative estimate of drug-likeness (QED) is 0.314. The van der Waals surface area contributed by atoms with E-state index >= 15 is 0 Å². The van der Waals surface area contributed by atoms with Gasteiger partial charge >= 0.3 is 12.1 Å². The SMILES string of the molecule is COC(=O)c1ccc(CO[C@H](CN2CCN(S(=O)(=O)c3ccccc3C(F)(F)F)CC2)c2cccc(OC)c2)cc1. The van der Waals surface area contributed by atoms with Gasteiger partial charge in [-0.05, 0) is 47.5 Å². The first-order chi connectivity index (χ1) is 19.5. The normalized spacial score (nSPS) is 15.8. The van der Waals surface area contributed by atoms with E-state index in [1.807, 2.05) is 29.2 Å². The fourth-order valence-electron chi connectivity index (χ4n) is 4.60. The number of piperazine rings is 1. The van der Waals surface area contributed by atoms with Gasteiger partial charge in [-0.25, -0.2) is 13.2 Å². The van der Waals surface area contributed by atoms with Crippen molar-refractivity contribution in [3.05, 3.63) is 95.1 Å². The maximum atomic E-state index is 13.5. The molecule has 1 heterocycles. The Labute approximate surface area is 237 Å². The zero-order chi connectivity index (χ0) is 29.6. The van der Waals surface area contributed by atoms with Crippen LogP contribution >= 0.6 is 0 Å². The number of hydrogen-bond acceptors (Lipinski definition) is 7. The highest BCUT2D eigenvalue weighted by Gasteiger charge is 2.39. The summed E-state index contributed by atoms with van der Waals surface area (Å²) in [6, 6.07) is 18.5. The number of rotatable bonds is 10. The van der Waals surface area contributed by atoms with Crippen molar-refractivity contribution in [3.63, 3.8) is 0 Å². The maximum Gasteiger partial charge on any atom is 0.417 e. The minimum atomic E-state index is -4.79. The minimum Gasteiger partial charge on any atom is -0.497 e. The first kappa shape index (κ1) is 30.5. The number of ether oxygens (including phenoxy) is 3. The molecule has 0 unspecified atom stereocenters. The number of alkyl halides is 3. The van der Waals surface area contributed by atoms with E-state index in [1.165, 1.54) is 19.2 Å². The third-order valence-corrected chi connectivity index (χ3v) is 8.81. The van der Waals surface area contributed by atoms with Crippen LogP contribution in [0.5, 0.6) is 5.75 Å². The number of esters is 1. The monoisotopic (exact) mass is 592 g/mol. The Kier molecular flexibility index (Phi) is 9.69. The molecule has 3 aromatic carbocycles. The molecule has 41 heavy (non-hydrogen) atoms. The van der Waals surface area contributed by atoms with Crippen molar-refractivity contribution in [3.8, 4) is 5.75 Å². The van der Waals surface area contributed by atoms with E-state index in [2.05, 4.69) is 0 Å². The van der Waals surface area contributed by atoms with E-state index in [4.69, 9.17) is 14.2 Å². The molecular formula is C29H31F3N2O6S. The number of carbonyl (C=O) groups is 1. The molecule has 12 heteroatoms. The molecule has 0 amide bonds. The minimum absolute atomic E-state index is 0.0361. The van der Waals surface area contributed by atoms with Crippen molar-refractivity contribution in [2.75, 3.05) is 46.9 Å². The zero-order valence-electron chi connectivity index (χ0n) is 22.6. The summed E-state index contributed by atoms with van der Waals surface area (Å²) in [4.78, 5) is 13.0. The van der Waals surface area contributed by atoms with E-state index in [-0.39, 0.29) is 19.7 Å². The van der Waals surface area contributed by atoms with Gasteiger partial charge in [0.15, 0.2) is 0 Å². The lowest BCUT2D eigenvalue weighted by molar-refractivity contribution is -0.139. The third-order valence-electron chi connectivity index (χ3n) is 6.86. The number of halogens is 3. The predicted octanol–water partition coefficient (Wildman–Crippen LogP) is 4.77. The molecule has 8 nitrogen and oxygen atoms in total. The fraction of sp³-hybridized carbons (Fsp3) is 0.345. The topological polar surface area (TPSA) is 85.4 Å². The predicted molar refractivity (Wildman–Crippen MR) is 145 cm³/mol. The van der Waals surface area contributed by atoms with Crippen molar-refractivity contribution in [1.82, 2.24) is 9.21 Å². The molecule has 1 saturated heterocycles. The summed E-state index contributed by atoms with van der Waals surface area (Å²) >= 11 is 0. The number of carbonyl (C=O) groups excluding carboxylic acids is 1. The van der Waals surface area contributed by atoms with Gasteiger partial charge in [0.05, 0.1) is 43.0 Å². The number of hydrogen-bond donors (Lipinski definition) is 0. The second kappa shape index (κ2) is 13.0. The van der Waals surface area contributed by atoms with Gasteiger partial charge in [-0.15, -0.1) is 0 Å². The molecule has 1 fully saturated rings. The van der Waals surface area contributed by atoms with Crippen molar-refractivity contribution in [1.29, 1.82) is 0 Å². The summed E-state index contributed by atoms with van der Waals surface area (Å²) in [7, 11) is -1.46. The van der Waals surface area contributed by atoms with E-state index < -0.39 is 38.7 Å². The van der Waals surface area contributed by atoms with Crippen LogP contribution < -0.4 is 4.74 Å². The Morgan fingerprint density at radius 2 is 1.61 bits per heavy atom. The molecule has 0 aliphatic carbocycles. The van der Waals surface area contributed by atoms with Gasteiger partial charge in [0.25, 0.3) is 0 Å². The molecular weight excluding hydrogens is 561 g/mol. The van der Waals surface area contributed by atoms with Gasteiger partial charge in [0, 0.05) is 32.7 Å². The highest BCUT2D eigenvalue weighted by Crippen LogP contribution is 2.35. The summed E-state index contributed by atoms with van der Waals surface area (Å²) in [6.07, 6.45) is -5.20. The third kappa shape index (κ3) is 7.45. The van der Waals surface area contributed by atoms with Gasteiger partial charge in [-0.3, -0.25) is 4.90 Å². The van der Waals surface area contributed by atoms with Crippen molar-refractivity contribution in [2.24, 2.45) is 0 Å². The molecule has 0 bridgehead atoms. The molecule has 0 radical (unpaired) electrons. The lowest BCUT2D eigenvalue weighted by atomic mass is 10.1. The van der Waals surface area contributed by atoms with Gasteiger partial charge in [0.1, 0.15) is 5.75 Å². The lowest BCUT2D eigenvalue weighted by Crippen LogP contribution is -2.49. The van der Waals surface area contributed by atoms with Crippen LogP contribution in [0.15, 0.2) is 77.7 Å². The summed E-state index contributed by atoms with van der Waals surface area (Å²) < 4.78 is 84.3. The summed E-state index contributed by atoms with van der Waals surface area (Å²) in [5.41, 5.74) is 0.939. The highest BCUT2D eigenvalue weighted by atomic mass is 32.2. The Morgan fingerprint density at radius 3 is 2.24 bits per heavy atom. The number of methoxy groups -OCH3 is 2. The number of benzene rings is 3. The molecule has 0 N–H and O–H groups in total. The summed E-state index contributed by atoms with van der Waals surface area (Å²) in [5.74, 6) is 0.215. The molecule has 0 saturated carbocycles. The lowest BCUT2D eigenvalue weighted by Gasteiger charge is -2.36. The second-order valence-corrected chi connectivity index (χ2v) is 11.4. The molecule has 1 atom stereocenters. The summed E-state index contributed by atoms with van der Waals surface area (Å²) in [5, 5.41) is 0. The van der Waals surface area contributed by atoms with Gasteiger partial charge in [-0.2, -0.15) is 17.5 Å². The molecule has 4 rings (SSSR count). The van der Waals surface area contributed by atoms with Crippen molar-refractivity contribution >= 4 is 16.0 Å². The first-order valence-corrected chi connectivity index (χ1v) is 14.3. The highest BCUT2D eigenvalue weighted by molar-refractivity contribution is 7.89. The average molecular weight is 593 g/mol. The Morgan fingerprint density at radius 1 is 0.927 bits per heavy atom. The van der Waals surface area contributed by atoms with Crippen LogP contribution in [0, 0.1) is 0 Å². The average Bonchev–Trinajstić information content (AvgIpc) is 2.99. The van der Waals surface area contributed by atoms with Crippen LogP contribution in [-0.4, -0.2) is 70.5 Å². The van der Waals surface area contributed by atoms with Crippen LogP contribution in [0.3, 0.4) is 0 Å². The van der Waals surface area contributed by atoms with Crippen LogP contribution in [-0.2, 0) is 32.3 Å². The van der Waals surface area contributed by atoms with Crippen LogP contribution in [0.25, 0.3) is 0 Å². The molecule has 220 valence electrons.